The molecule has 0 saturated heterocycles. The number of nitrogens with zero attached hydrogens (tertiary/aromatic N) is 2. The van der Waals surface area contributed by atoms with Crippen molar-refractivity contribution in [2.75, 3.05) is 12.8 Å². The fraction of sp³-hybridized carbons (Fsp3) is 0.595. The van der Waals surface area contributed by atoms with E-state index in [1.807, 2.05) is 36.1 Å². The highest BCUT2D eigenvalue weighted by Crippen LogP contribution is 2.40. The van der Waals surface area contributed by atoms with E-state index >= 15 is 0 Å². The molecule has 2 heterocycles. The van der Waals surface area contributed by atoms with Crippen LogP contribution in [0.15, 0.2) is 46.7 Å². The van der Waals surface area contributed by atoms with Crippen LogP contribution in [0, 0.1) is 17.8 Å². The fourth-order valence-corrected chi connectivity index (χ4v) is 6.30. The Morgan fingerprint density at radius 1 is 1.08 bits per heavy atom. The van der Waals surface area contributed by atoms with Crippen LogP contribution in [0.3, 0.4) is 0 Å². The number of hydrogen-bond donors (Lipinski definition) is 6. The molecule has 0 aliphatic heterocycles. The molecule has 61 heavy (non-hydrogen) atoms. The van der Waals surface area contributed by atoms with Crippen molar-refractivity contribution in [2.24, 2.45) is 29.2 Å². The molecule has 4 rings (SSSR count). The van der Waals surface area contributed by atoms with Crippen LogP contribution in [0.5, 0.6) is 0 Å². The lowest BCUT2D eigenvalue weighted by molar-refractivity contribution is -0.122. The van der Waals surface area contributed by atoms with E-state index in [2.05, 4.69) is 52.2 Å². The Morgan fingerprint density at radius 3 is 2.23 bits per heavy atom. The second-order valence-corrected chi connectivity index (χ2v) is 18.4. The molecule has 3 aromatic rings. The average Bonchev–Trinajstić information content (AvgIpc) is 3.56. The van der Waals surface area contributed by atoms with E-state index in [9.17, 15) is 37.2 Å². The second-order valence-electron chi connectivity index (χ2n) is 15.6. The number of primary amides is 2. The summed E-state index contributed by atoms with van der Waals surface area (Å²) in [7, 11) is -3.41. The van der Waals surface area contributed by atoms with Crippen molar-refractivity contribution >= 4 is 62.6 Å². The van der Waals surface area contributed by atoms with Crippen LogP contribution in [-0.4, -0.2) is 71.6 Å². The lowest BCUT2D eigenvalue weighted by Crippen LogP contribution is -2.30. The van der Waals surface area contributed by atoms with E-state index in [0.29, 0.717) is 30.6 Å². The number of carbonyl (C=O) groups is 5. The first-order valence-corrected chi connectivity index (χ1v) is 23.3. The van der Waals surface area contributed by atoms with Gasteiger partial charge in [0, 0.05) is 36.0 Å². The Kier molecular flexibility index (Phi) is 26.8. The maximum atomic E-state index is 12.4. The average molecular weight is 895 g/mol. The molecule has 344 valence electrons. The molecular formula is C42H70N8O9S2. The Balaban J connectivity index is 0.000000821. The molecule has 1 aliphatic rings. The number of sulfonamides is 1. The molecule has 19 heteroatoms. The summed E-state index contributed by atoms with van der Waals surface area (Å²) in [6.07, 6.45) is 15.0. The van der Waals surface area contributed by atoms with Crippen LogP contribution in [0.25, 0.3) is 11.0 Å². The van der Waals surface area contributed by atoms with Gasteiger partial charge in [-0.1, -0.05) is 65.2 Å². The number of amides is 5. The second kappa shape index (κ2) is 29.3. The summed E-state index contributed by atoms with van der Waals surface area (Å²) in [5.74, 6) is -0.876. The molecule has 3 unspecified atom stereocenters. The van der Waals surface area contributed by atoms with Crippen LogP contribution < -0.4 is 32.5 Å². The first-order valence-electron chi connectivity index (χ1n) is 20.6. The number of unbranched alkanes of at least 4 members (excludes halogenated alkanes) is 3. The summed E-state index contributed by atoms with van der Waals surface area (Å²) in [6.45, 7) is 18.3. The van der Waals surface area contributed by atoms with E-state index in [-0.39, 0.29) is 47.2 Å². The highest BCUT2D eigenvalue weighted by molar-refractivity contribution is 7.89. The number of hydrogen-bond acceptors (Lipinski definition) is 11. The van der Waals surface area contributed by atoms with Gasteiger partial charge in [0.1, 0.15) is 10.6 Å². The third kappa shape index (κ3) is 25.4. The zero-order chi connectivity index (χ0) is 46.8. The zero-order valence-corrected chi connectivity index (χ0v) is 39.2. The predicted molar refractivity (Wildman–Crippen MR) is 242 cm³/mol. The summed E-state index contributed by atoms with van der Waals surface area (Å²) in [4.78, 5) is 73.1. The third-order valence-electron chi connectivity index (χ3n) is 8.15. The van der Waals surface area contributed by atoms with Crippen molar-refractivity contribution in [1.29, 1.82) is 0 Å². The minimum absolute atomic E-state index is 0.0230. The number of imidazole rings is 1. The summed E-state index contributed by atoms with van der Waals surface area (Å²) in [6, 6.07) is 5.35. The number of allylic oxidation sites excluding steroid dienone is 2. The maximum Gasteiger partial charge on any atom is 0.405 e. The predicted octanol–water partition coefficient (Wildman–Crippen LogP) is 6.06. The SMILES string of the molecule is CC(C)(C)OC(N)=O.CC(C)n1c(=O)[nH]c2c(C(=O)NCc3nccs3)cccc21.CC(CCCNC=O)C(N)=O.CCC.CCCCC/C=C\C1CC1C(=O)NS(C)(=O)=O. The van der Waals surface area contributed by atoms with Gasteiger partial charge < -0.3 is 31.8 Å². The number of para-hydroxylation sites is 1. The van der Waals surface area contributed by atoms with Gasteiger partial charge in [0.15, 0.2) is 0 Å². The van der Waals surface area contributed by atoms with E-state index in [1.165, 1.54) is 37.0 Å². The van der Waals surface area contributed by atoms with Gasteiger partial charge in [0.2, 0.25) is 28.2 Å². The minimum atomic E-state index is -3.41. The number of fused-ring (bicyclic) bond motifs is 1. The lowest BCUT2D eigenvalue weighted by Gasteiger charge is -2.16. The first-order chi connectivity index (χ1) is 28.5. The number of rotatable bonds is 17. The molecule has 8 N–H and O–H groups in total. The first kappa shape index (κ1) is 56.0. The number of H-pyrrole nitrogens is 1. The zero-order valence-electron chi connectivity index (χ0n) is 37.5. The number of aromatic nitrogens is 3. The van der Waals surface area contributed by atoms with Crippen LogP contribution >= 0.6 is 11.3 Å². The van der Waals surface area contributed by atoms with Crippen molar-refractivity contribution in [3.63, 3.8) is 0 Å². The number of ether oxygens (including phenoxy) is 1. The van der Waals surface area contributed by atoms with Crippen molar-refractivity contribution in [1.82, 2.24) is 29.9 Å². The molecule has 3 atom stereocenters. The van der Waals surface area contributed by atoms with Gasteiger partial charge in [-0.15, -0.1) is 11.3 Å². The van der Waals surface area contributed by atoms with Crippen LogP contribution in [-0.2, 0) is 35.7 Å². The molecule has 0 bridgehead atoms. The molecule has 1 fully saturated rings. The Morgan fingerprint density at radius 2 is 1.74 bits per heavy atom. The lowest BCUT2D eigenvalue weighted by atomic mass is 10.1. The van der Waals surface area contributed by atoms with E-state index in [1.54, 1.807) is 50.6 Å². The van der Waals surface area contributed by atoms with Crippen LogP contribution in [0.1, 0.15) is 135 Å². The summed E-state index contributed by atoms with van der Waals surface area (Å²) in [5.41, 5.74) is 10.9. The fourth-order valence-electron chi connectivity index (χ4n) is 5.23. The van der Waals surface area contributed by atoms with Crippen molar-refractivity contribution in [3.8, 4) is 0 Å². The summed E-state index contributed by atoms with van der Waals surface area (Å²) < 4.78 is 30.0. The van der Waals surface area contributed by atoms with E-state index in [0.717, 1.165) is 42.5 Å². The maximum absolute atomic E-state index is 12.4. The molecule has 17 nitrogen and oxygen atoms in total. The molecule has 1 saturated carbocycles. The quantitative estimate of drug-likeness (QED) is 0.0518. The molecule has 0 spiro atoms. The number of benzene rings is 1. The van der Waals surface area contributed by atoms with Gasteiger partial charge >= 0.3 is 11.8 Å². The van der Waals surface area contributed by atoms with E-state index in [4.69, 9.17) is 11.5 Å². The summed E-state index contributed by atoms with van der Waals surface area (Å²) >= 11 is 1.49. The molecule has 5 amide bonds. The van der Waals surface area contributed by atoms with Crippen molar-refractivity contribution in [3.05, 3.63) is 63.0 Å². The number of nitrogens with one attached hydrogen (secondary N) is 4. The van der Waals surface area contributed by atoms with E-state index < -0.39 is 21.7 Å². The van der Waals surface area contributed by atoms with Gasteiger partial charge in [0.25, 0.3) is 5.91 Å². The Labute approximate surface area is 365 Å². The smallest absolute Gasteiger partial charge is 0.405 e. The molecular weight excluding hydrogens is 825 g/mol. The third-order valence-corrected chi connectivity index (χ3v) is 9.50. The largest absolute Gasteiger partial charge is 0.444 e. The summed E-state index contributed by atoms with van der Waals surface area (Å²) in [5, 5.41) is 8.04. The topological polar surface area (TPSA) is 268 Å². The minimum Gasteiger partial charge on any atom is -0.444 e. The molecule has 1 aliphatic carbocycles. The normalized spacial score (nSPS) is 14.6. The van der Waals surface area contributed by atoms with Gasteiger partial charge in [-0.05, 0) is 84.8 Å². The van der Waals surface area contributed by atoms with Crippen molar-refractivity contribution in [2.45, 2.75) is 132 Å². The monoisotopic (exact) mass is 894 g/mol. The van der Waals surface area contributed by atoms with Gasteiger partial charge in [0.05, 0.1) is 29.4 Å². The Bertz CT molecular complexity index is 1970. The van der Waals surface area contributed by atoms with Gasteiger partial charge in [-0.2, -0.15) is 0 Å². The van der Waals surface area contributed by atoms with Gasteiger partial charge in [-0.25, -0.2) is 23.0 Å². The van der Waals surface area contributed by atoms with Gasteiger partial charge in [-0.3, -0.25) is 28.5 Å². The highest BCUT2D eigenvalue weighted by atomic mass is 32.2. The van der Waals surface area contributed by atoms with Crippen LogP contribution in [0.2, 0.25) is 0 Å². The molecule has 2 aromatic heterocycles. The number of carbonyl (C=O) groups excluding carboxylic acids is 5. The van der Waals surface area contributed by atoms with Crippen molar-refractivity contribution < 1.29 is 37.1 Å². The highest BCUT2D eigenvalue weighted by Gasteiger charge is 2.41. The Hall–Kier alpha value is -5.04. The molecule has 0 radical (unpaired) electrons. The number of thiazole rings is 1. The molecule has 1 aromatic carbocycles. The number of nitrogens with two attached hydrogens (primary N) is 2. The number of aromatic amines is 1. The standard InChI is InChI=1S/C15H16N4O2S.C12H21NO3S.C7H14N2O2.C5H11NO2.C3H8/c1-9(2)19-11-5-3-4-10(13(11)18-15(19)21)14(20)17-8-12-16-6-7-22-12;1-3-4-5-6-7-8-10-9-11(10)12(14)13-17(2,15)16;1-6(7(8)11)3-2-4-9-5-10;1-5(2,3)8-4(6)7;1-3-2/h3-7,9H,8H2,1-2H3,(H,17,20)(H,18,21);7-8,10-11H,3-6,9H2,1-2H3,(H,13,14);5-6H,2-4H2,1H3,(H2,8,11)(H,9,10);1-3H3,(H2,6,7);3H2,1-2H3/b;8-7-;;;. The van der Waals surface area contributed by atoms with Crippen LogP contribution in [0.4, 0.5) is 4.79 Å².